The molecule has 20 heavy (non-hydrogen) atoms. The number of thiol groups is 1. The van der Waals surface area contributed by atoms with Crippen LogP contribution in [0, 0.1) is 0 Å². The van der Waals surface area contributed by atoms with E-state index in [1.54, 1.807) is 12.1 Å². The quantitative estimate of drug-likeness (QED) is 0.545. The predicted molar refractivity (Wildman–Crippen MR) is 90.2 cm³/mol. The fraction of sp³-hybridized carbons (Fsp3) is 0.0714. The van der Waals surface area contributed by atoms with Gasteiger partial charge >= 0.3 is 0 Å². The molecule has 0 saturated carbocycles. The molecule has 2 aromatic rings. The van der Waals surface area contributed by atoms with Crippen LogP contribution in [-0.4, -0.2) is 5.91 Å². The highest BCUT2D eigenvalue weighted by Gasteiger charge is 2.11. The molecule has 1 N–H and O–H groups in total. The van der Waals surface area contributed by atoms with Crippen LogP contribution in [0.3, 0.4) is 0 Å². The van der Waals surface area contributed by atoms with E-state index in [1.165, 1.54) is 0 Å². The van der Waals surface area contributed by atoms with Gasteiger partial charge in [0.1, 0.15) is 0 Å². The van der Waals surface area contributed by atoms with Gasteiger partial charge in [-0.3, -0.25) is 4.79 Å². The average molecular weight is 391 g/mol. The highest BCUT2D eigenvalue weighted by Crippen LogP contribution is 2.35. The highest BCUT2D eigenvalue weighted by molar-refractivity contribution is 9.10. The number of carbonyl (C=O) groups is 1. The first-order valence-electron chi connectivity index (χ1n) is 5.68. The number of benzene rings is 2. The summed E-state index contributed by atoms with van der Waals surface area (Å²) in [6, 6.07) is 10.8. The molecule has 0 aromatic heterocycles. The largest absolute Gasteiger partial charge is 0.324 e. The van der Waals surface area contributed by atoms with Crippen molar-refractivity contribution >= 4 is 63.4 Å². The van der Waals surface area contributed by atoms with E-state index in [9.17, 15) is 4.79 Å². The standard InChI is InChI=1S/C14H10BrCl2NOS/c15-10-5-6-11(14(17)13(10)16)18-12(19)7-8-1-3-9(20)4-2-8/h1-6,20H,7H2,(H,18,19). The van der Waals surface area contributed by atoms with Gasteiger partial charge in [-0.05, 0) is 45.8 Å². The van der Waals surface area contributed by atoms with Crippen molar-refractivity contribution in [2.75, 3.05) is 5.32 Å². The minimum Gasteiger partial charge on any atom is -0.324 e. The Morgan fingerprint density at radius 3 is 2.40 bits per heavy atom. The zero-order valence-electron chi connectivity index (χ0n) is 10.2. The van der Waals surface area contributed by atoms with Gasteiger partial charge in [0.2, 0.25) is 5.91 Å². The van der Waals surface area contributed by atoms with Gasteiger partial charge in [0.05, 0.1) is 22.2 Å². The normalized spacial score (nSPS) is 10.4. The number of rotatable bonds is 3. The Labute approximate surface area is 141 Å². The second kappa shape index (κ2) is 6.85. The summed E-state index contributed by atoms with van der Waals surface area (Å²) in [7, 11) is 0. The van der Waals surface area contributed by atoms with Crippen LogP contribution in [-0.2, 0) is 11.2 Å². The summed E-state index contributed by atoms with van der Waals surface area (Å²) < 4.78 is 0.687. The number of amides is 1. The maximum Gasteiger partial charge on any atom is 0.228 e. The van der Waals surface area contributed by atoms with Crippen molar-refractivity contribution in [1.29, 1.82) is 0 Å². The van der Waals surface area contributed by atoms with Crippen molar-refractivity contribution in [1.82, 2.24) is 0 Å². The van der Waals surface area contributed by atoms with Crippen LogP contribution in [0.2, 0.25) is 10.0 Å². The van der Waals surface area contributed by atoms with Gasteiger partial charge in [0.25, 0.3) is 0 Å². The maximum absolute atomic E-state index is 12.0. The minimum atomic E-state index is -0.155. The second-order valence-electron chi connectivity index (χ2n) is 4.11. The molecule has 0 aliphatic rings. The molecule has 0 aliphatic carbocycles. The van der Waals surface area contributed by atoms with Crippen LogP contribution in [0.4, 0.5) is 5.69 Å². The lowest BCUT2D eigenvalue weighted by Gasteiger charge is -2.09. The first-order chi connectivity index (χ1) is 9.47. The summed E-state index contributed by atoms with van der Waals surface area (Å²) in [4.78, 5) is 12.8. The van der Waals surface area contributed by atoms with Gasteiger partial charge < -0.3 is 5.32 Å². The molecule has 0 bridgehead atoms. The lowest BCUT2D eigenvalue weighted by atomic mass is 10.1. The Morgan fingerprint density at radius 2 is 1.75 bits per heavy atom. The molecule has 1 amide bonds. The Kier molecular flexibility index (Phi) is 5.38. The van der Waals surface area contributed by atoms with Crippen molar-refractivity contribution in [2.45, 2.75) is 11.3 Å². The van der Waals surface area contributed by atoms with Crippen molar-refractivity contribution in [3.05, 3.63) is 56.5 Å². The van der Waals surface area contributed by atoms with Gasteiger partial charge in [-0.25, -0.2) is 0 Å². The van der Waals surface area contributed by atoms with Crippen molar-refractivity contribution in [2.24, 2.45) is 0 Å². The molecule has 6 heteroatoms. The second-order valence-corrected chi connectivity index (χ2v) is 6.24. The van der Waals surface area contributed by atoms with Crippen LogP contribution in [0.25, 0.3) is 0 Å². The van der Waals surface area contributed by atoms with E-state index in [-0.39, 0.29) is 12.3 Å². The van der Waals surface area contributed by atoms with Gasteiger partial charge in [-0.15, -0.1) is 12.6 Å². The summed E-state index contributed by atoms with van der Waals surface area (Å²) in [5, 5.41) is 3.44. The maximum atomic E-state index is 12.0. The lowest BCUT2D eigenvalue weighted by Crippen LogP contribution is -2.14. The Balaban J connectivity index is 2.08. The molecule has 0 aliphatic heterocycles. The summed E-state index contributed by atoms with van der Waals surface area (Å²) >= 11 is 19.6. The summed E-state index contributed by atoms with van der Waals surface area (Å²) in [6.07, 6.45) is 0.262. The van der Waals surface area contributed by atoms with E-state index in [4.69, 9.17) is 23.2 Å². The molecule has 2 aromatic carbocycles. The predicted octanol–water partition coefficient (Wildman–Crippen LogP) is 5.23. The summed E-state index contributed by atoms with van der Waals surface area (Å²) in [6.45, 7) is 0. The van der Waals surface area contributed by atoms with Crippen LogP contribution >= 0.6 is 51.8 Å². The fourth-order valence-corrected chi connectivity index (χ4v) is 2.59. The third-order valence-electron chi connectivity index (χ3n) is 2.61. The number of nitrogens with one attached hydrogen (secondary N) is 1. The van der Waals surface area contributed by atoms with E-state index in [2.05, 4.69) is 33.9 Å². The molecule has 104 valence electrons. The van der Waals surface area contributed by atoms with Crippen LogP contribution in [0.5, 0.6) is 0 Å². The van der Waals surface area contributed by atoms with E-state index in [0.717, 1.165) is 10.5 Å². The van der Waals surface area contributed by atoms with E-state index in [0.29, 0.717) is 20.2 Å². The molecule has 0 saturated heterocycles. The highest BCUT2D eigenvalue weighted by atomic mass is 79.9. The molecular formula is C14H10BrCl2NOS. The smallest absolute Gasteiger partial charge is 0.228 e. The molecule has 2 rings (SSSR count). The van der Waals surface area contributed by atoms with E-state index >= 15 is 0 Å². The first-order valence-corrected chi connectivity index (χ1v) is 7.68. The molecule has 2 nitrogen and oxygen atoms in total. The lowest BCUT2D eigenvalue weighted by molar-refractivity contribution is -0.115. The number of hydrogen-bond acceptors (Lipinski definition) is 2. The number of carbonyl (C=O) groups excluding carboxylic acids is 1. The molecular weight excluding hydrogens is 381 g/mol. The SMILES string of the molecule is O=C(Cc1ccc(S)cc1)Nc1ccc(Br)c(Cl)c1Cl. The molecule has 0 fully saturated rings. The Hall–Kier alpha value is -0.680. The topological polar surface area (TPSA) is 29.1 Å². The number of anilines is 1. The molecule has 0 heterocycles. The Morgan fingerprint density at radius 1 is 1.10 bits per heavy atom. The molecule has 0 unspecified atom stereocenters. The Bertz CT molecular complexity index is 646. The van der Waals surface area contributed by atoms with Gasteiger partial charge in [-0.2, -0.15) is 0 Å². The van der Waals surface area contributed by atoms with E-state index in [1.807, 2.05) is 24.3 Å². The monoisotopic (exact) mass is 389 g/mol. The molecule has 0 atom stereocenters. The third kappa shape index (κ3) is 3.92. The van der Waals surface area contributed by atoms with Crippen molar-refractivity contribution < 1.29 is 4.79 Å². The summed E-state index contributed by atoms with van der Waals surface area (Å²) in [5.41, 5.74) is 1.40. The van der Waals surface area contributed by atoms with Crippen molar-refractivity contribution in [3.8, 4) is 0 Å². The molecule has 0 radical (unpaired) electrons. The zero-order chi connectivity index (χ0) is 14.7. The van der Waals surface area contributed by atoms with Gasteiger partial charge in [-0.1, -0.05) is 35.3 Å². The number of halogens is 3. The minimum absolute atomic E-state index is 0.155. The summed E-state index contributed by atoms with van der Waals surface area (Å²) in [5.74, 6) is -0.155. The van der Waals surface area contributed by atoms with E-state index < -0.39 is 0 Å². The first kappa shape index (κ1) is 15.7. The van der Waals surface area contributed by atoms with Crippen LogP contribution in [0.15, 0.2) is 45.8 Å². The van der Waals surface area contributed by atoms with Gasteiger partial charge in [0, 0.05) is 9.37 Å². The average Bonchev–Trinajstić information content (AvgIpc) is 2.42. The third-order valence-corrected chi connectivity index (χ3v) is 4.68. The van der Waals surface area contributed by atoms with Crippen LogP contribution in [0.1, 0.15) is 5.56 Å². The molecule has 0 spiro atoms. The van der Waals surface area contributed by atoms with Crippen molar-refractivity contribution in [3.63, 3.8) is 0 Å². The number of hydrogen-bond donors (Lipinski definition) is 2. The van der Waals surface area contributed by atoms with Gasteiger partial charge in [0.15, 0.2) is 0 Å². The fourth-order valence-electron chi connectivity index (χ4n) is 1.62. The van der Waals surface area contributed by atoms with Crippen LogP contribution < -0.4 is 5.32 Å². The zero-order valence-corrected chi connectivity index (χ0v) is 14.2.